The number of hydrogen-bond acceptors (Lipinski definition) is 3. The largest absolute Gasteiger partial charge is 0.361 e. The van der Waals surface area contributed by atoms with Crippen molar-refractivity contribution in [3.63, 3.8) is 0 Å². The van der Waals surface area contributed by atoms with Gasteiger partial charge in [-0.15, -0.1) is 0 Å². The van der Waals surface area contributed by atoms with Gasteiger partial charge in [0.2, 0.25) is 0 Å². The summed E-state index contributed by atoms with van der Waals surface area (Å²) in [5.41, 5.74) is 2.57. The van der Waals surface area contributed by atoms with E-state index >= 15 is 0 Å². The molecule has 0 spiro atoms. The molecule has 0 aliphatic rings. The van der Waals surface area contributed by atoms with E-state index < -0.39 is 0 Å². The van der Waals surface area contributed by atoms with Crippen LogP contribution in [0.4, 0.5) is 4.39 Å². The lowest BCUT2D eigenvalue weighted by atomic mass is 10.1. The Bertz CT molecular complexity index is 708. The van der Waals surface area contributed by atoms with Gasteiger partial charge in [-0.2, -0.15) is 0 Å². The van der Waals surface area contributed by atoms with Crippen molar-refractivity contribution in [1.29, 1.82) is 0 Å². The average Bonchev–Trinajstić information content (AvgIpc) is 3.02. The van der Waals surface area contributed by atoms with E-state index in [9.17, 15) is 4.39 Å². The van der Waals surface area contributed by atoms with Gasteiger partial charge in [-0.3, -0.25) is 0 Å². The van der Waals surface area contributed by atoms with E-state index in [0.29, 0.717) is 18.1 Å². The number of aromatic nitrogens is 1. The van der Waals surface area contributed by atoms with Crippen LogP contribution in [0.3, 0.4) is 0 Å². The predicted octanol–water partition coefficient (Wildman–Crippen LogP) is 3.96. The van der Waals surface area contributed by atoms with E-state index in [1.54, 1.807) is 12.1 Å². The third-order valence-corrected chi connectivity index (χ3v) is 4.29. The Morgan fingerprint density at radius 3 is 2.72 bits per heavy atom. The molecule has 0 unspecified atom stereocenters. The lowest BCUT2D eigenvalue weighted by molar-refractivity contribution is 0.380. The molecule has 0 saturated carbocycles. The second-order valence-electron chi connectivity index (χ2n) is 5.52. The molecule has 0 saturated heterocycles. The zero-order valence-corrected chi connectivity index (χ0v) is 16.4. The van der Waals surface area contributed by atoms with Gasteiger partial charge in [0.15, 0.2) is 5.96 Å². The molecule has 0 aliphatic carbocycles. The summed E-state index contributed by atoms with van der Waals surface area (Å²) >= 11 is 3.36. The highest BCUT2D eigenvalue weighted by Gasteiger charge is 2.13. The zero-order chi connectivity index (χ0) is 18.2. The molecule has 1 heterocycles. The van der Waals surface area contributed by atoms with Crippen LogP contribution in [0.15, 0.2) is 32.2 Å². The number of rotatable bonds is 7. The summed E-state index contributed by atoms with van der Waals surface area (Å²) in [4.78, 5) is 4.48. The van der Waals surface area contributed by atoms with Gasteiger partial charge in [-0.05, 0) is 31.5 Å². The summed E-state index contributed by atoms with van der Waals surface area (Å²) < 4.78 is 20.1. The van der Waals surface area contributed by atoms with Gasteiger partial charge >= 0.3 is 0 Å². The first-order chi connectivity index (χ1) is 12.1. The summed E-state index contributed by atoms with van der Waals surface area (Å²) in [7, 11) is 0. The molecule has 2 rings (SSSR count). The van der Waals surface area contributed by atoms with E-state index in [4.69, 9.17) is 4.52 Å². The number of guanidine groups is 1. The van der Waals surface area contributed by atoms with Gasteiger partial charge in [0.05, 0.1) is 12.2 Å². The summed E-state index contributed by atoms with van der Waals surface area (Å²) in [5.74, 6) is 1.26. The molecule has 1 aromatic carbocycles. The Balaban J connectivity index is 2.10. The maximum absolute atomic E-state index is 13.9. The van der Waals surface area contributed by atoms with E-state index in [0.717, 1.165) is 40.9 Å². The van der Waals surface area contributed by atoms with E-state index in [1.165, 1.54) is 6.07 Å². The van der Waals surface area contributed by atoms with Crippen LogP contribution in [0.5, 0.6) is 0 Å². The molecule has 2 aromatic rings. The normalized spacial score (nSPS) is 11.6. The Morgan fingerprint density at radius 2 is 2.04 bits per heavy atom. The summed E-state index contributed by atoms with van der Waals surface area (Å²) in [6, 6.07) is 4.86. The molecule has 0 bridgehead atoms. The van der Waals surface area contributed by atoms with E-state index in [1.807, 2.05) is 13.8 Å². The minimum Gasteiger partial charge on any atom is -0.361 e. The highest BCUT2D eigenvalue weighted by atomic mass is 79.9. The number of aliphatic imine (C=N–C) groups is 1. The molecule has 5 nitrogen and oxygen atoms in total. The van der Waals surface area contributed by atoms with Crippen LogP contribution in [0, 0.1) is 5.82 Å². The molecule has 0 atom stereocenters. The molecule has 0 amide bonds. The summed E-state index contributed by atoms with van der Waals surface area (Å²) in [6.45, 7) is 7.63. The lowest BCUT2D eigenvalue weighted by Crippen LogP contribution is -2.37. The number of aryl methyl sites for hydroxylation is 2. The Labute approximate surface area is 156 Å². The van der Waals surface area contributed by atoms with Crippen LogP contribution in [0.1, 0.15) is 43.4 Å². The van der Waals surface area contributed by atoms with Crippen LogP contribution in [-0.4, -0.2) is 17.7 Å². The van der Waals surface area contributed by atoms with Gasteiger partial charge in [0.1, 0.15) is 11.6 Å². The topological polar surface area (TPSA) is 62.5 Å². The van der Waals surface area contributed by atoms with Crippen LogP contribution in [0.2, 0.25) is 0 Å². The average molecular weight is 411 g/mol. The SMILES string of the molecule is CCNC(=NCc1cc(Br)ccc1F)NCc1c(CC)noc1CC. The molecule has 0 radical (unpaired) electrons. The number of halogens is 2. The summed E-state index contributed by atoms with van der Waals surface area (Å²) in [5, 5.41) is 10.6. The first kappa shape index (κ1) is 19.4. The number of nitrogens with one attached hydrogen (secondary N) is 2. The molecule has 0 fully saturated rings. The molecular weight excluding hydrogens is 387 g/mol. The second-order valence-corrected chi connectivity index (χ2v) is 6.44. The van der Waals surface area contributed by atoms with Crippen molar-refractivity contribution in [2.24, 2.45) is 4.99 Å². The third kappa shape index (κ3) is 5.29. The molecule has 136 valence electrons. The highest BCUT2D eigenvalue weighted by Crippen LogP contribution is 2.17. The Kier molecular flexibility index (Phi) is 7.43. The zero-order valence-electron chi connectivity index (χ0n) is 14.8. The smallest absolute Gasteiger partial charge is 0.191 e. The van der Waals surface area contributed by atoms with Gasteiger partial charge in [-0.25, -0.2) is 9.38 Å². The highest BCUT2D eigenvalue weighted by molar-refractivity contribution is 9.10. The van der Waals surface area contributed by atoms with Gasteiger partial charge in [0.25, 0.3) is 0 Å². The van der Waals surface area contributed by atoms with Crippen LogP contribution in [0.25, 0.3) is 0 Å². The standard InChI is InChI=1S/C18H24BrFN4O/c1-4-16-14(17(5-2)25-24-16)11-23-18(21-6-3)22-10-12-9-13(19)7-8-15(12)20/h7-9H,4-6,10-11H2,1-3H3,(H2,21,22,23). The fourth-order valence-electron chi connectivity index (χ4n) is 2.48. The maximum Gasteiger partial charge on any atom is 0.191 e. The van der Waals surface area contributed by atoms with Crippen LogP contribution >= 0.6 is 15.9 Å². The van der Waals surface area contributed by atoms with Crippen molar-refractivity contribution in [3.8, 4) is 0 Å². The van der Waals surface area contributed by atoms with Crippen molar-refractivity contribution in [3.05, 3.63) is 51.1 Å². The first-order valence-corrected chi connectivity index (χ1v) is 9.30. The van der Waals surface area contributed by atoms with Crippen molar-refractivity contribution in [2.45, 2.75) is 46.7 Å². The quantitative estimate of drug-likeness (QED) is 0.535. The molecule has 0 aliphatic heterocycles. The molecule has 25 heavy (non-hydrogen) atoms. The Hall–Kier alpha value is -1.89. The van der Waals surface area contributed by atoms with Crippen molar-refractivity contribution in [2.75, 3.05) is 6.54 Å². The Morgan fingerprint density at radius 1 is 1.24 bits per heavy atom. The van der Waals surface area contributed by atoms with Crippen molar-refractivity contribution < 1.29 is 8.91 Å². The molecular formula is C18H24BrFN4O. The molecule has 1 aromatic heterocycles. The maximum atomic E-state index is 13.9. The van der Waals surface area contributed by atoms with Crippen LogP contribution < -0.4 is 10.6 Å². The number of hydrogen-bond donors (Lipinski definition) is 2. The minimum absolute atomic E-state index is 0.255. The molecule has 7 heteroatoms. The van der Waals surface area contributed by atoms with E-state index in [-0.39, 0.29) is 12.4 Å². The third-order valence-electron chi connectivity index (χ3n) is 3.80. The minimum atomic E-state index is -0.261. The van der Waals surface area contributed by atoms with Crippen molar-refractivity contribution in [1.82, 2.24) is 15.8 Å². The second kappa shape index (κ2) is 9.56. The molecule has 2 N–H and O–H groups in total. The fourth-order valence-corrected chi connectivity index (χ4v) is 2.89. The fraction of sp³-hybridized carbons (Fsp3) is 0.444. The first-order valence-electron chi connectivity index (χ1n) is 8.51. The van der Waals surface area contributed by atoms with Crippen LogP contribution in [-0.2, 0) is 25.9 Å². The van der Waals surface area contributed by atoms with Crippen molar-refractivity contribution >= 4 is 21.9 Å². The monoisotopic (exact) mass is 410 g/mol. The van der Waals surface area contributed by atoms with Gasteiger partial charge in [-0.1, -0.05) is 34.9 Å². The lowest BCUT2D eigenvalue weighted by Gasteiger charge is -2.12. The predicted molar refractivity (Wildman–Crippen MR) is 101 cm³/mol. The summed E-state index contributed by atoms with van der Waals surface area (Å²) in [6.07, 6.45) is 1.61. The van der Waals surface area contributed by atoms with Gasteiger partial charge in [0, 0.05) is 35.1 Å². The van der Waals surface area contributed by atoms with E-state index in [2.05, 4.69) is 43.6 Å². The number of nitrogens with zero attached hydrogens (tertiary/aromatic N) is 2. The number of benzene rings is 1. The van der Waals surface area contributed by atoms with Gasteiger partial charge < -0.3 is 15.2 Å².